The molecule has 3 heteroatoms. The Hall–Kier alpha value is -1.38. The van der Waals surface area contributed by atoms with Gasteiger partial charge in [-0.2, -0.15) is 0 Å². The van der Waals surface area contributed by atoms with Gasteiger partial charge in [-0.3, -0.25) is 0 Å². The number of halogens is 2. The Morgan fingerprint density at radius 3 is 2.37 bits per heavy atom. The predicted molar refractivity (Wildman–Crippen MR) is 77.8 cm³/mol. The van der Waals surface area contributed by atoms with E-state index in [1.165, 1.54) is 17.2 Å². The van der Waals surface area contributed by atoms with E-state index in [2.05, 4.69) is 36.5 Å². The molecule has 0 spiro atoms. The maximum atomic E-state index is 13.3. The van der Waals surface area contributed by atoms with Gasteiger partial charge in [0, 0.05) is 13.1 Å². The summed E-state index contributed by atoms with van der Waals surface area (Å²) in [5.74, 6) is -0.367. The molecule has 0 heterocycles. The highest BCUT2D eigenvalue weighted by molar-refractivity contribution is 6.31. The molecule has 2 rings (SSSR count). The summed E-state index contributed by atoms with van der Waals surface area (Å²) in [7, 11) is 0. The molecule has 0 saturated heterocycles. The number of aryl methyl sites for hydroxylation is 1. The van der Waals surface area contributed by atoms with E-state index in [4.69, 9.17) is 11.6 Å². The molecule has 0 bridgehead atoms. The molecule has 0 atom stereocenters. The minimum Gasteiger partial charge on any atom is -0.309 e. The van der Waals surface area contributed by atoms with Crippen molar-refractivity contribution >= 4 is 11.6 Å². The molecule has 0 aliphatic carbocycles. The zero-order chi connectivity index (χ0) is 13.7. The first kappa shape index (κ1) is 14.0. The smallest absolute Gasteiger partial charge is 0.142 e. The second-order valence-electron chi connectivity index (χ2n) is 4.49. The van der Waals surface area contributed by atoms with Crippen LogP contribution in [0.15, 0.2) is 42.5 Å². The van der Waals surface area contributed by atoms with Crippen molar-refractivity contribution in [2.75, 3.05) is 0 Å². The summed E-state index contributed by atoms with van der Waals surface area (Å²) < 4.78 is 13.3. The fourth-order valence-corrected chi connectivity index (χ4v) is 2.11. The van der Waals surface area contributed by atoms with Gasteiger partial charge in [0.2, 0.25) is 0 Å². The van der Waals surface area contributed by atoms with Crippen molar-refractivity contribution in [2.24, 2.45) is 0 Å². The number of hydrogen-bond donors (Lipinski definition) is 1. The van der Waals surface area contributed by atoms with Crippen molar-refractivity contribution < 1.29 is 4.39 Å². The molecule has 0 aromatic heterocycles. The van der Waals surface area contributed by atoms with Gasteiger partial charge in [-0.15, -0.1) is 0 Å². The third-order valence-corrected chi connectivity index (χ3v) is 3.53. The van der Waals surface area contributed by atoms with Crippen LogP contribution in [0.2, 0.25) is 5.02 Å². The number of hydrogen-bond acceptors (Lipinski definition) is 1. The minimum absolute atomic E-state index is 0.205. The lowest BCUT2D eigenvalue weighted by Gasteiger charge is -2.08. The Morgan fingerprint density at radius 1 is 1.00 bits per heavy atom. The van der Waals surface area contributed by atoms with Gasteiger partial charge < -0.3 is 5.32 Å². The molecule has 0 fully saturated rings. The summed E-state index contributed by atoms with van der Waals surface area (Å²) >= 11 is 5.90. The number of benzene rings is 2. The van der Waals surface area contributed by atoms with E-state index >= 15 is 0 Å². The molecule has 1 N–H and O–H groups in total. The van der Waals surface area contributed by atoms with Gasteiger partial charge in [0.15, 0.2) is 0 Å². The van der Waals surface area contributed by atoms with Crippen molar-refractivity contribution in [3.8, 4) is 0 Å². The lowest BCUT2D eigenvalue weighted by molar-refractivity contribution is 0.620. The van der Waals surface area contributed by atoms with Crippen LogP contribution in [0.5, 0.6) is 0 Å². The maximum absolute atomic E-state index is 13.3. The Morgan fingerprint density at radius 2 is 1.68 bits per heavy atom. The Balaban J connectivity index is 1.90. The highest BCUT2D eigenvalue weighted by Gasteiger charge is 2.04. The fraction of sp³-hybridized carbons (Fsp3) is 0.250. The molecular weight excluding hydrogens is 261 g/mol. The molecule has 2 aromatic carbocycles. The quantitative estimate of drug-likeness (QED) is 0.858. The first-order chi connectivity index (χ1) is 9.20. The maximum Gasteiger partial charge on any atom is 0.142 e. The van der Waals surface area contributed by atoms with Crippen molar-refractivity contribution in [3.05, 3.63) is 70.0 Å². The van der Waals surface area contributed by atoms with Crippen LogP contribution in [0.1, 0.15) is 23.6 Å². The Kier molecular flexibility index (Phi) is 4.94. The fourth-order valence-electron chi connectivity index (χ4n) is 1.92. The highest BCUT2D eigenvalue weighted by atomic mass is 35.5. The third kappa shape index (κ3) is 3.79. The molecule has 0 aliphatic heterocycles. The van der Waals surface area contributed by atoms with E-state index in [9.17, 15) is 4.39 Å². The zero-order valence-corrected chi connectivity index (χ0v) is 11.7. The van der Waals surface area contributed by atoms with Crippen LogP contribution in [-0.4, -0.2) is 0 Å². The molecule has 100 valence electrons. The summed E-state index contributed by atoms with van der Waals surface area (Å²) in [6.07, 6.45) is 1.05. The van der Waals surface area contributed by atoms with E-state index in [0.29, 0.717) is 6.54 Å². The second kappa shape index (κ2) is 6.69. The summed E-state index contributed by atoms with van der Waals surface area (Å²) in [6.45, 7) is 3.45. The predicted octanol–water partition coefficient (Wildman–Crippen LogP) is 4.33. The molecule has 0 unspecified atom stereocenters. The summed E-state index contributed by atoms with van der Waals surface area (Å²) in [4.78, 5) is 0. The first-order valence-electron chi connectivity index (χ1n) is 6.42. The highest BCUT2D eigenvalue weighted by Crippen LogP contribution is 2.19. The summed E-state index contributed by atoms with van der Waals surface area (Å²) in [6, 6.07) is 13.4. The van der Waals surface area contributed by atoms with Gasteiger partial charge in [-0.25, -0.2) is 4.39 Å². The van der Waals surface area contributed by atoms with E-state index < -0.39 is 0 Å². The topological polar surface area (TPSA) is 12.0 Å². The van der Waals surface area contributed by atoms with Crippen molar-refractivity contribution in [2.45, 2.75) is 26.4 Å². The molecule has 0 aliphatic rings. The van der Waals surface area contributed by atoms with Crippen molar-refractivity contribution in [1.29, 1.82) is 0 Å². The van der Waals surface area contributed by atoms with E-state index in [1.54, 1.807) is 6.07 Å². The Labute approximate surface area is 118 Å². The van der Waals surface area contributed by atoms with Gasteiger partial charge >= 0.3 is 0 Å². The van der Waals surface area contributed by atoms with Crippen LogP contribution in [0.3, 0.4) is 0 Å². The monoisotopic (exact) mass is 277 g/mol. The minimum atomic E-state index is -0.367. The summed E-state index contributed by atoms with van der Waals surface area (Å²) in [5.41, 5.74) is 3.33. The van der Waals surface area contributed by atoms with Gasteiger partial charge in [0.25, 0.3) is 0 Å². The standard InChI is InChI=1S/C16H17ClFN/c1-2-12-6-8-13(9-7-12)10-19-11-14-4-3-5-15(18)16(14)17/h3-9,19H,2,10-11H2,1H3. The zero-order valence-electron chi connectivity index (χ0n) is 10.9. The number of nitrogens with one attached hydrogen (secondary N) is 1. The van der Waals surface area contributed by atoms with Crippen LogP contribution in [0.25, 0.3) is 0 Å². The van der Waals surface area contributed by atoms with Crippen molar-refractivity contribution in [1.82, 2.24) is 5.32 Å². The van der Waals surface area contributed by atoms with Gasteiger partial charge in [-0.05, 0) is 29.2 Å². The third-order valence-electron chi connectivity index (χ3n) is 3.11. The molecule has 0 saturated carbocycles. The van der Waals surface area contributed by atoms with Crippen LogP contribution in [0, 0.1) is 5.82 Å². The normalized spacial score (nSPS) is 10.7. The Bertz CT molecular complexity index is 537. The average Bonchev–Trinajstić information content (AvgIpc) is 2.44. The van der Waals surface area contributed by atoms with Crippen LogP contribution >= 0.6 is 11.6 Å². The summed E-state index contributed by atoms with van der Waals surface area (Å²) in [5, 5.41) is 3.48. The van der Waals surface area contributed by atoms with Gasteiger partial charge in [-0.1, -0.05) is 54.9 Å². The first-order valence-corrected chi connectivity index (χ1v) is 6.80. The van der Waals surface area contributed by atoms with Crippen molar-refractivity contribution in [3.63, 3.8) is 0 Å². The van der Waals surface area contributed by atoms with Gasteiger partial charge in [0.1, 0.15) is 5.82 Å². The van der Waals surface area contributed by atoms with E-state index in [0.717, 1.165) is 18.5 Å². The van der Waals surface area contributed by atoms with E-state index in [-0.39, 0.29) is 10.8 Å². The molecular formula is C16H17ClFN. The SMILES string of the molecule is CCc1ccc(CNCc2cccc(F)c2Cl)cc1. The lowest BCUT2D eigenvalue weighted by atomic mass is 10.1. The van der Waals surface area contributed by atoms with Crippen LogP contribution in [0.4, 0.5) is 4.39 Å². The van der Waals surface area contributed by atoms with Crippen LogP contribution in [-0.2, 0) is 19.5 Å². The van der Waals surface area contributed by atoms with Gasteiger partial charge in [0.05, 0.1) is 5.02 Å². The average molecular weight is 278 g/mol. The molecule has 2 aromatic rings. The van der Waals surface area contributed by atoms with Crippen LogP contribution < -0.4 is 5.32 Å². The molecule has 1 nitrogen and oxygen atoms in total. The molecule has 0 amide bonds. The molecule has 0 radical (unpaired) electrons. The largest absolute Gasteiger partial charge is 0.309 e. The van der Waals surface area contributed by atoms with E-state index in [1.807, 2.05) is 6.07 Å². The second-order valence-corrected chi connectivity index (χ2v) is 4.86. The number of rotatable bonds is 5. The lowest BCUT2D eigenvalue weighted by Crippen LogP contribution is -2.13. The molecule has 19 heavy (non-hydrogen) atoms.